The van der Waals surface area contributed by atoms with Crippen molar-refractivity contribution in [1.82, 2.24) is 9.78 Å². The van der Waals surface area contributed by atoms with Crippen LogP contribution in [0.25, 0.3) is 0 Å². The highest BCUT2D eigenvalue weighted by atomic mass is 16.5. The maximum absolute atomic E-state index is 11.5. The molecule has 19 heavy (non-hydrogen) atoms. The second-order valence-corrected chi connectivity index (χ2v) is 4.06. The number of hydrogen-bond donors (Lipinski definition) is 1. The van der Waals surface area contributed by atoms with Gasteiger partial charge in [-0.15, -0.1) is 0 Å². The van der Waals surface area contributed by atoms with Gasteiger partial charge in [0.05, 0.1) is 19.3 Å². The fraction of sp³-hybridized carbons (Fsp3) is 0.286. The van der Waals surface area contributed by atoms with Gasteiger partial charge in [0.25, 0.3) is 5.56 Å². The van der Waals surface area contributed by atoms with Gasteiger partial charge in [-0.05, 0) is 30.7 Å². The molecule has 5 nitrogen and oxygen atoms in total. The molecule has 0 aliphatic heterocycles. The maximum Gasteiger partial charge on any atom is 0.266 e. The second kappa shape index (κ2) is 6.15. The first-order valence-electron chi connectivity index (χ1n) is 6.13. The Morgan fingerprint density at radius 3 is 2.68 bits per heavy atom. The summed E-state index contributed by atoms with van der Waals surface area (Å²) >= 11 is 0. The van der Waals surface area contributed by atoms with E-state index in [0.29, 0.717) is 6.61 Å². The van der Waals surface area contributed by atoms with Crippen LogP contribution in [0.15, 0.2) is 47.4 Å². The molecule has 0 radical (unpaired) electrons. The van der Waals surface area contributed by atoms with Gasteiger partial charge in [0.1, 0.15) is 5.75 Å². The van der Waals surface area contributed by atoms with E-state index < -0.39 is 6.10 Å². The standard InChI is InChI=1S/C14H16N2O3/c1-2-19-12-7-5-11(6-8-12)13(17)10-16-14(18)4-3-9-15-16/h3-9,13,17H,2,10H2,1H3. The summed E-state index contributed by atoms with van der Waals surface area (Å²) in [7, 11) is 0. The third-order valence-electron chi connectivity index (χ3n) is 2.71. The first-order chi connectivity index (χ1) is 9.20. The van der Waals surface area contributed by atoms with Crippen LogP contribution in [0.3, 0.4) is 0 Å². The zero-order valence-electron chi connectivity index (χ0n) is 10.7. The smallest absolute Gasteiger partial charge is 0.266 e. The van der Waals surface area contributed by atoms with Gasteiger partial charge in [-0.1, -0.05) is 12.1 Å². The summed E-state index contributed by atoms with van der Waals surface area (Å²) in [5, 5.41) is 14.0. The molecule has 2 aromatic rings. The van der Waals surface area contributed by atoms with Gasteiger partial charge in [0, 0.05) is 12.3 Å². The Labute approximate surface area is 111 Å². The van der Waals surface area contributed by atoms with E-state index in [2.05, 4.69) is 5.10 Å². The van der Waals surface area contributed by atoms with Gasteiger partial charge in [0.15, 0.2) is 0 Å². The molecule has 1 unspecified atom stereocenters. The lowest BCUT2D eigenvalue weighted by Gasteiger charge is -2.12. The lowest BCUT2D eigenvalue weighted by atomic mass is 10.1. The molecule has 0 bridgehead atoms. The van der Waals surface area contributed by atoms with Crippen LogP contribution < -0.4 is 10.3 Å². The summed E-state index contributed by atoms with van der Waals surface area (Å²) in [6.07, 6.45) is 0.745. The molecule has 0 saturated carbocycles. The van der Waals surface area contributed by atoms with Crippen molar-refractivity contribution in [3.8, 4) is 5.75 Å². The Kier molecular flexibility index (Phi) is 4.30. The van der Waals surface area contributed by atoms with E-state index in [0.717, 1.165) is 11.3 Å². The number of nitrogens with zero attached hydrogens (tertiary/aromatic N) is 2. The molecule has 0 amide bonds. The summed E-state index contributed by atoms with van der Waals surface area (Å²) in [6.45, 7) is 2.65. The number of benzene rings is 1. The summed E-state index contributed by atoms with van der Waals surface area (Å²) < 4.78 is 6.57. The average molecular weight is 260 g/mol. The second-order valence-electron chi connectivity index (χ2n) is 4.06. The molecule has 100 valence electrons. The van der Waals surface area contributed by atoms with Gasteiger partial charge in [-0.3, -0.25) is 4.79 Å². The van der Waals surface area contributed by atoms with Crippen molar-refractivity contribution in [3.05, 3.63) is 58.5 Å². The molecule has 1 atom stereocenters. The number of rotatable bonds is 5. The zero-order valence-corrected chi connectivity index (χ0v) is 10.7. The van der Waals surface area contributed by atoms with Crippen LogP contribution >= 0.6 is 0 Å². The molecule has 1 aromatic heterocycles. The first kappa shape index (κ1) is 13.3. The molecule has 2 rings (SSSR count). The Morgan fingerprint density at radius 1 is 1.32 bits per heavy atom. The molecule has 0 saturated heterocycles. The molecule has 1 heterocycles. The molecule has 1 N–H and O–H groups in total. The maximum atomic E-state index is 11.5. The Bertz CT molecular complexity index is 578. The summed E-state index contributed by atoms with van der Waals surface area (Å²) in [5.41, 5.74) is 0.494. The van der Waals surface area contributed by atoms with Gasteiger partial charge in [0.2, 0.25) is 0 Å². The number of ether oxygens (including phenoxy) is 1. The van der Waals surface area contributed by atoms with Gasteiger partial charge < -0.3 is 9.84 Å². The minimum absolute atomic E-state index is 0.133. The molecular weight excluding hydrogens is 244 g/mol. The number of aromatic nitrogens is 2. The predicted molar refractivity (Wildman–Crippen MR) is 71.1 cm³/mol. The summed E-state index contributed by atoms with van der Waals surface area (Å²) in [4.78, 5) is 11.5. The van der Waals surface area contributed by atoms with Crippen molar-refractivity contribution < 1.29 is 9.84 Å². The monoisotopic (exact) mass is 260 g/mol. The van der Waals surface area contributed by atoms with Crippen LogP contribution in [0.4, 0.5) is 0 Å². The molecular formula is C14H16N2O3. The third-order valence-corrected chi connectivity index (χ3v) is 2.71. The van der Waals surface area contributed by atoms with E-state index in [-0.39, 0.29) is 12.1 Å². The number of aliphatic hydroxyl groups excluding tert-OH is 1. The van der Waals surface area contributed by atoms with Crippen LogP contribution in [0.5, 0.6) is 5.75 Å². The van der Waals surface area contributed by atoms with E-state index in [1.807, 2.05) is 6.92 Å². The lowest BCUT2D eigenvalue weighted by molar-refractivity contribution is 0.149. The quantitative estimate of drug-likeness (QED) is 0.882. The van der Waals surface area contributed by atoms with Gasteiger partial charge in [-0.2, -0.15) is 5.10 Å². The van der Waals surface area contributed by atoms with Gasteiger partial charge in [-0.25, -0.2) is 4.68 Å². The summed E-state index contributed by atoms with van der Waals surface area (Å²) in [6, 6.07) is 10.1. The highest BCUT2D eigenvalue weighted by Crippen LogP contribution is 2.18. The van der Waals surface area contributed by atoms with E-state index >= 15 is 0 Å². The predicted octanol–water partition coefficient (Wildman–Crippen LogP) is 1.38. The average Bonchev–Trinajstić information content (AvgIpc) is 2.42. The normalized spacial score (nSPS) is 12.1. The van der Waals surface area contributed by atoms with Gasteiger partial charge >= 0.3 is 0 Å². The fourth-order valence-electron chi connectivity index (χ4n) is 1.75. The Morgan fingerprint density at radius 2 is 2.05 bits per heavy atom. The van der Waals surface area contributed by atoms with Crippen molar-refractivity contribution in [2.24, 2.45) is 0 Å². The van der Waals surface area contributed by atoms with E-state index in [1.165, 1.54) is 16.9 Å². The number of aliphatic hydroxyl groups is 1. The van der Waals surface area contributed by atoms with E-state index in [9.17, 15) is 9.90 Å². The van der Waals surface area contributed by atoms with Crippen molar-refractivity contribution >= 4 is 0 Å². The fourth-order valence-corrected chi connectivity index (χ4v) is 1.75. The molecule has 0 aliphatic rings. The molecule has 0 aliphatic carbocycles. The molecule has 0 spiro atoms. The Hall–Kier alpha value is -2.14. The van der Waals surface area contributed by atoms with Crippen LogP contribution in [-0.2, 0) is 6.54 Å². The van der Waals surface area contributed by atoms with Crippen molar-refractivity contribution in [1.29, 1.82) is 0 Å². The van der Waals surface area contributed by atoms with Crippen LogP contribution in [0, 0.1) is 0 Å². The molecule has 5 heteroatoms. The Balaban J connectivity index is 2.09. The highest BCUT2D eigenvalue weighted by molar-refractivity contribution is 5.28. The van der Waals surface area contributed by atoms with Crippen molar-refractivity contribution in [2.75, 3.05) is 6.61 Å². The molecule has 0 fully saturated rings. The highest BCUT2D eigenvalue weighted by Gasteiger charge is 2.09. The number of hydrogen-bond acceptors (Lipinski definition) is 4. The first-order valence-corrected chi connectivity index (χ1v) is 6.13. The van der Waals surface area contributed by atoms with E-state index in [1.54, 1.807) is 30.3 Å². The lowest BCUT2D eigenvalue weighted by Crippen LogP contribution is -2.24. The van der Waals surface area contributed by atoms with Crippen LogP contribution in [0.1, 0.15) is 18.6 Å². The minimum atomic E-state index is -0.775. The summed E-state index contributed by atoms with van der Waals surface area (Å²) in [5.74, 6) is 0.758. The van der Waals surface area contributed by atoms with Crippen molar-refractivity contribution in [2.45, 2.75) is 19.6 Å². The third kappa shape index (κ3) is 3.42. The topological polar surface area (TPSA) is 64.3 Å². The SMILES string of the molecule is CCOc1ccc(C(O)Cn2ncccc2=O)cc1. The van der Waals surface area contributed by atoms with Crippen molar-refractivity contribution in [3.63, 3.8) is 0 Å². The zero-order chi connectivity index (χ0) is 13.7. The van der Waals surface area contributed by atoms with Crippen LogP contribution in [-0.4, -0.2) is 21.5 Å². The van der Waals surface area contributed by atoms with Crippen LogP contribution in [0.2, 0.25) is 0 Å². The minimum Gasteiger partial charge on any atom is -0.494 e. The largest absolute Gasteiger partial charge is 0.494 e. The molecule has 1 aromatic carbocycles. The van der Waals surface area contributed by atoms with E-state index in [4.69, 9.17) is 4.74 Å².